The number of amides is 2. The monoisotopic (exact) mass is 308 g/mol. The second-order valence-electron chi connectivity index (χ2n) is 5.77. The molecule has 0 aliphatic carbocycles. The van der Waals surface area contributed by atoms with E-state index in [-0.39, 0.29) is 18.2 Å². The first-order valence-corrected chi connectivity index (χ1v) is 7.88. The first-order valence-electron chi connectivity index (χ1n) is 7.88. The Morgan fingerprint density at radius 3 is 2.52 bits per heavy atom. The van der Waals surface area contributed by atoms with Gasteiger partial charge in [0.25, 0.3) is 5.91 Å². The highest BCUT2D eigenvalue weighted by Gasteiger charge is 2.40. The summed E-state index contributed by atoms with van der Waals surface area (Å²) < 4.78 is 0. The molecule has 23 heavy (non-hydrogen) atoms. The van der Waals surface area contributed by atoms with E-state index in [2.05, 4.69) is 12.2 Å². The van der Waals surface area contributed by atoms with Crippen LogP contribution in [0.1, 0.15) is 24.5 Å². The Hall–Kier alpha value is -2.62. The highest BCUT2D eigenvalue weighted by atomic mass is 16.2. The maximum Gasteiger partial charge on any atom is 0.256 e. The molecule has 1 fully saturated rings. The lowest BCUT2D eigenvalue weighted by atomic mass is 10.1. The molecule has 3 rings (SSSR count). The van der Waals surface area contributed by atoms with Crippen LogP contribution in [0.4, 0.5) is 11.4 Å². The van der Waals surface area contributed by atoms with Gasteiger partial charge in [0.05, 0.1) is 12.1 Å². The van der Waals surface area contributed by atoms with E-state index in [1.54, 1.807) is 0 Å². The Bertz CT molecular complexity index is 755. The van der Waals surface area contributed by atoms with Gasteiger partial charge in [-0.3, -0.25) is 9.59 Å². The molecular formula is C19H20N2O2. The number of imide groups is 1. The number of anilines is 2. The second-order valence-corrected chi connectivity index (χ2v) is 5.77. The van der Waals surface area contributed by atoms with Crippen molar-refractivity contribution in [2.45, 2.75) is 32.7 Å². The van der Waals surface area contributed by atoms with Gasteiger partial charge in [-0.15, -0.1) is 0 Å². The van der Waals surface area contributed by atoms with Crippen LogP contribution in [0, 0.1) is 6.92 Å². The quantitative estimate of drug-likeness (QED) is 0.882. The SMILES string of the molecule is CCc1ccccc1N[C@H]1CC(=O)N(c2ccccc2C)C1=O. The second kappa shape index (κ2) is 6.24. The van der Waals surface area contributed by atoms with Gasteiger partial charge in [-0.1, -0.05) is 43.3 Å². The van der Waals surface area contributed by atoms with Crippen LogP contribution >= 0.6 is 0 Å². The summed E-state index contributed by atoms with van der Waals surface area (Å²) in [4.78, 5) is 26.4. The summed E-state index contributed by atoms with van der Waals surface area (Å²) in [6.07, 6.45) is 1.06. The first-order chi connectivity index (χ1) is 11.1. The van der Waals surface area contributed by atoms with Crippen LogP contribution in [0.2, 0.25) is 0 Å². The zero-order chi connectivity index (χ0) is 16.4. The van der Waals surface area contributed by atoms with Crippen molar-refractivity contribution < 1.29 is 9.59 Å². The van der Waals surface area contributed by atoms with Crippen molar-refractivity contribution in [1.29, 1.82) is 0 Å². The molecule has 0 radical (unpaired) electrons. The molecule has 4 nitrogen and oxygen atoms in total. The first kappa shape index (κ1) is 15.3. The predicted molar refractivity (Wildman–Crippen MR) is 91.5 cm³/mol. The average molecular weight is 308 g/mol. The van der Waals surface area contributed by atoms with E-state index < -0.39 is 6.04 Å². The Labute approximate surface area is 136 Å². The van der Waals surface area contributed by atoms with Crippen LogP contribution in [0.5, 0.6) is 0 Å². The lowest BCUT2D eigenvalue weighted by Crippen LogP contribution is -2.35. The highest BCUT2D eigenvalue weighted by molar-refractivity contribution is 6.23. The number of aryl methyl sites for hydroxylation is 2. The summed E-state index contributed by atoms with van der Waals surface area (Å²) >= 11 is 0. The van der Waals surface area contributed by atoms with Gasteiger partial charge in [0, 0.05) is 5.69 Å². The van der Waals surface area contributed by atoms with Crippen LogP contribution in [-0.4, -0.2) is 17.9 Å². The molecule has 2 aromatic rings. The molecule has 1 N–H and O–H groups in total. The predicted octanol–water partition coefficient (Wildman–Crippen LogP) is 3.30. The molecule has 0 unspecified atom stereocenters. The number of nitrogens with one attached hydrogen (secondary N) is 1. The van der Waals surface area contributed by atoms with Crippen molar-refractivity contribution >= 4 is 23.2 Å². The molecule has 1 atom stereocenters. The zero-order valence-electron chi connectivity index (χ0n) is 13.4. The van der Waals surface area contributed by atoms with Crippen LogP contribution in [0.25, 0.3) is 0 Å². The van der Waals surface area contributed by atoms with Gasteiger partial charge in [0.2, 0.25) is 5.91 Å². The van der Waals surface area contributed by atoms with Gasteiger partial charge in [0.1, 0.15) is 6.04 Å². The summed E-state index contributed by atoms with van der Waals surface area (Å²) in [6, 6.07) is 14.8. The topological polar surface area (TPSA) is 49.4 Å². The highest BCUT2D eigenvalue weighted by Crippen LogP contribution is 2.28. The third-order valence-electron chi connectivity index (χ3n) is 4.23. The minimum absolute atomic E-state index is 0.157. The number of hydrogen-bond donors (Lipinski definition) is 1. The molecule has 1 aliphatic heterocycles. The van der Waals surface area contributed by atoms with E-state index in [0.717, 1.165) is 23.2 Å². The fourth-order valence-corrected chi connectivity index (χ4v) is 2.97. The number of hydrogen-bond acceptors (Lipinski definition) is 3. The zero-order valence-corrected chi connectivity index (χ0v) is 13.4. The molecule has 1 aliphatic rings. The van der Waals surface area contributed by atoms with Crippen LogP contribution in [0.15, 0.2) is 48.5 Å². The third-order valence-corrected chi connectivity index (χ3v) is 4.23. The number of carbonyl (C=O) groups is 2. The molecule has 0 saturated carbocycles. The van der Waals surface area contributed by atoms with Crippen molar-refractivity contribution in [1.82, 2.24) is 0 Å². The molecule has 1 saturated heterocycles. The molecule has 118 valence electrons. The average Bonchev–Trinajstić information content (AvgIpc) is 2.83. The van der Waals surface area contributed by atoms with Crippen molar-refractivity contribution in [2.24, 2.45) is 0 Å². The molecule has 4 heteroatoms. The van der Waals surface area contributed by atoms with Crippen LogP contribution in [0.3, 0.4) is 0 Å². The number of rotatable bonds is 4. The third kappa shape index (κ3) is 2.84. The van der Waals surface area contributed by atoms with E-state index in [9.17, 15) is 9.59 Å². The fraction of sp³-hybridized carbons (Fsp3) is 0.263. The molecule has 2 aromatic carbocycles. The van der Waals surface area contributed by atoms with E-state index in [1.165, 1.54) is 4.90 Å². The van der Waals surface area contributed by atoms with Crippen LogP contribution < -0.4 is 10.2 Å². The van der Waals surface area contributed by atoms with Crippen molar-refractivity contribution in [3.05, 3.63) is 59.7 Å². The smallest absolute Gasteiger partial charge is 0.256 e. The molecular weight excluding hydrogens is 288 g/mol. The molecule has 1 heterocycles. The maximum atomic E-state index is 12.7. The Morgan fingerprint density at radius 2 is 1.78 bits per heavy atom. The minimum atomic E-state index is -0.505. The summed E-state index contributed by atoms with van der Waals surface area (Å²) in [6.45, 7) is 3.98. The van der Waals surface area contributed by atoms with Crippen molar-refractivity contribution in [2.75, 3.05) is 10.2 Å². The molecule has 0 bridgehead atoms. The summed E-state index contributed by atoms with van der Waals surface area (Å²) in [5.41, 5.74) is 3.66. The van der Waals surface area contributed by atoms with E-state index in [1.807, 2.05) is 55.5 Å². The van der Waals surface area contributed by atoms with Gasteiger partial charge in [-0.2, -0.15) is 0 Å². The Balaban J connectivity index is 1.86. The van der Waals surface area contributed by atoms with E-state index >= 15 is 0 Å². The van der Waals surface area contributed by atoms with Gasteiger partial charge in [-0.25, -0.2) is 4.90 Å². The lowest BCUT2D eigenvalue weighted by molar-refractivity contribution is -0.121. The molecule has 0 aromatic heterocycles. The van der Waals surface area contributed by atoms with Gasteiger partial charge >= 0.3 is 0 Å². The van der Waals surface area contributed by atoms with Crippen molar-refractivity contribution in [3.8, 4) is 0 Å². The van der Waals surface area contributed by atoms with Gasteiger partial charge < -0.3 is 5.32 Å². The lowest BCUT2D eigenvalue weighted by Gasteiger charge is -2.18. The summed E-state index contributed by atoms with van der Waals surface area (Å²) in [7, 11) is 0. The summed E-state index contributed by atoms with van der Waals surface area (Å²) in [5.74, 6) is -0.342. The standard InChI is InChI=1S/C19H20N2O2/c1-3-14-9-5-6-10-15(14)20-16-12-18(22)21(19(16)23)17-11-7-4-8-13(17)2/h4-11,16,20H,3,12H2,1-2H3/t16-/m0/s1. The Morgan fingerprint density at radius 1 is 1.09 bits per heavy atom. The summed E-state index contributed by atoms with van der Waals surface area (Å²) in [5, 5.41) is 3.25. The van der Waals surface area contributed by atoms with Gasteiger partial charge in [-0.05, 0) is 36.6 Å². The fourth-order valence-electron chi connectivity index (χ4n) is 2.97. The minimum Gasteiger partial charge on any atom is -0.373 e. The van der Waals surface area contributed by atoms with E-state index in [0.29, 0.717) is 5.69 Å². The number of benzene rings is 2. The van der Waals surface area contributed by atoms with Gasteiger partial charge in [0.15, 0.2) is 0 Å². The Kier molecular flexibility index (Phi) is 4.15. The normalized spacial score (nSPS) is 17.7. The number of nitrogens with zero attached hydrogens (tertiary/aromatic N) is 1. The molecule has 2 amide bonds. The largest absolute Gasteiger partial charge is 0.373 e. The van der Waals surface area contributed by atoms with Crippen molar-refractivity contribution in [3.63, 3.8) is 0 Å². The van der Waals surface area contributed by atoms with E-state index in [4.69, 9.17) is 0 Å². The van der Waals surface area contributed by atoms with Crippen LogP contribution in [-0.2, 0) is 16.0 Å². The molecule has 0 spiro atoms. The number of para-hydroxylation sites is 2. The number of carbonyl (C=O) groups excluding carboxylic acids is 2. The maximum absolute atomic E-state index is 12.7.